The van der Waals surface area contributed by atoms with E-state index in [1.165, 1.54) is 5.69 Å². The second-order valence-electron chi connectivity index (χ2n) is 3.50. The number of hydrogen-bond donors (Lipinski definition) is 1. The van der Waals surface area contributed by atoms with E-state index in [1.54, 1.807) is 0 Å². The molecule has 0 aliphatic heterocycles. The maximum atomic E-state index is 4.35. The van der Waals surface area contributed by atoms with Crippen LogP contribution in [0.25, 0.3) is 0 Å². The van der Waals surface area contributed by atoms with Gasteiger partial charge in [-0.05, 0) is 26.5 Å². The zero-order chi connectivity index (χ0) is 9.84. The van der Waals surface area contributed by atoms with E-state index in [4.69, 9.17) is 0 Å². The average molecular weight is 181 g/mol. The van der Waals surface area contributed by atoms with Gasteiger partial charge in [-0.25, -0.2) is 0 Å². The molecule has 1 aromatic rings. The zero-order valence-electron chi connectivity index (χ0n) is 8.96. The molecule has 0 bridgehead atoms. The largest absolute Gasteiger partial charge is 0.319 e. The monoisotopic (exact) mass is 181 g/mol. The molecule has 0 spiro atoms. The van der Waals surface area contributed by atoms with Crippen LogP contribution in [0.3, 0.4) is 0 Å². The quantitative estimate of drug-likeness (QED) is 0.761. The van der Waals surface area contributed by atoms with Crippen molar-refractivity contribution in [3.05, 3.63) is 17.5 Å². The van der Waals surface area contributed by atoms with E-state index >= 15 is 0 Å². The molecular formula is C10H19N3. The minimum Gasteiger partial charge on any atom is -0.319 e. The summed E-state index contributed by atoms with van der Waals surface area (Å²) in [5.41, 5.74) is 2.43. The first-order valence-corrected chi connectivity index (χ1v) is 4.84. The number of nitrogens with one attached hydrogen (secondary N) is 1. The summed E-state index contributed by atoms with van der Waals surface area (Å²) in [7, 11) is 4.01. The smallest absolute Gasteiger partial charge is 0.0596 e. The fourth-order valence-corrected chi connectivity index (χ4v) is 1.72. The first kappa shape index (κ1) is 10.3. The van der Waals surface area contributed by atoms with E-state index in [1.807, 2.05) is 25.7 Å². The first-order valence-electron chi connectivity index (χ1n) is 4.84. The molecule has 3 heteroatoms. The predicted octanol–water partition coefficient (Wildman–Crippen LogP) is 1.44. The summed E-state index contributed by atoms with van der Waals surface area (Å²) in [6, 6.07) is 2.17. The molecule has 1 rings (SSSR count). The number of hydrogen-bond acceptors (Lipinski definition) is 2. The molecule has 1 unspecified atom stereocenters. The topological polar surface area (TPSA) is 29.9 Å². The normalized spacial score (nSPS) is 13.2. The van der Waals surface area contributed by atoms with Gasteiger partial charge in [0.25, 0.3) is 0 Å². The Morgan fingerprint density at radius 3 is 2.69 bits per heavy atom. The van der Waals surface area contributed by atoms with Gasteiger partial charge in [0.1, 0.15) is 0 Å². The molecule has 0 saturated heterocycles. The van der Waals surface area contributed by atoms with Crippen molar-refractivity contribution in [2.75, 3.05) is 13.6 Å². The van der Waals surface area contributed by atoms with E-state index in [-0.39, 0.29) is 0 Å². The van der Waals surface area contributed by atoms with Crippen LogP contribution in [-0.4, -0.2) is 23.4 Å². The minimum atomic E-state index is 0.580. The van der Waals surface area contributed by atoms with Crippen molar-refractivity contribution in [1.82, 2.24) is 15.1 Å². The van der Waals surface area contributed by atoms with Gasteiger partial charge >= 0.3 is 0 Å². The Balaban J connectivity index is 2.83. The van der Waals surface area contributed by atoms with Crippen molar-refractivity contribution in [1.29, 1.82) is 0 Å². The molecule has 0 saturated carbocycles. The molecule has 0 amide bonds. The SMILES string of the molecule is CCC(CNC)c1cc(C)nn1C. The molecule has 0 aliphatic carbocycles. The number of aromatic nitrogens is 2. The highest BCUT2D eigenvalue weighted by Crippen LogP contribution is 2.18. The van der Waals surface area contributed by atoms with Crippen LogP contribution in [0.5, 0.6) is 0 Å². The van der Waals surface area contributed by atoms with Crippen LogP contribution in [0, 0.1) is 6.92 Å². The molecule has 3 nitrogen and oxygen atoms in total. The van der Waals surface area contributed by atoms with Gasteiger partial charge in [0.15, 0.2) is 0 Å². The van der Waals surface area contributed by atoms with Crippen LogP contribution in [0.1, 0.15) is 30.7 Å². The lowest BCUT2D eigenvalue weighted by atomic mass is 10.0. The molecule has 0 radical (unpaired) electrons. The summed E-state index contributed by atoms with van der Waals surface area (Å²) in [5, 5.41) is 7.56. The van der Waals surface area contributed by atoms with Gasteiger partial charge < -0.3 is 5.32 Å². The molecule has 1 aromatic heterocycles. The third-order valence-corrected chi connectivity index (χ3v) is 2.40. The Hall–Kier alpha value is -0.830. The Bertz CT molecular complexity index is 265. The molecular weight excluding hydrogens is 162 g/mol. The van der Waals surface area contributed by atoms with Crippen molar-refractivity contribution in [3.63, 3.8) is 0 Å². The van der Waals surface area contributed by atoms with Gasteiger partial charge in [-0.15, -0.1) is 0 Å². The Kier molecular flexibility index (Phi) is 3.48. The van der Waals surface area contributed by atoms with Crippen molar-refractivity contribution in [3.8, 4) is 0 Å². The fourth-order valence-electron chi connectivity index (χ4n) is 1.72. The standard InChI is InChI=1S/C10H19N3/c1-5-9(7-11-3)10-6-8(2)12-13(10)4/h6,9,11H,5,7H2,1-4H3. The van der Waals surface area contributed by atoms with Crippen LogP contribution in [0.2, 0.25) is 0 Å². The number of likely N-dealkylation sites (N-methyl/N-ethyl adjacent to an activating group) is 1. The van der Waals surface area contributed by atoms with Crippen molar-refractivity contribution < 1.29 is 0 Å². The molecule has 0 aliphatic rings. The van der Waals surface area contributed by atoms with Crippen LogP contribution in [0.4, 0.5) is 0 Å². The van der Waals surface area contributed by atoms with Gasteiger partial charge in [-0.2, -0.15) is 5.10 Å². The average Bonchev–Trinajstić information content (AvgIpc) is 2.41. The maximum absolute atomic E-state index is 4.35. The summed E-state index contributed by atoms with van der Waals surface area (Å²) in [5.74, 6) is 0.580. The van der Waals surface area contributed by atoms with Gasteiger partial charge in [0, 0.05) is 25.2 Å². The summed E-state index contributed by atoms with van der Waals surface area (Å²) >= 11 is 0. The summed E-state index contributed by atoms with van der Waals surface area (Å²) < 4.78 is 1.99. The van der Waals surface area contributed by atoms with E-state index in [0.717, 1.165) is 18.7 Å². The predicted molar refractivity (Wildman–Crippen MR) is 54.9 cm³/mol. The minimum absolute atomic E-state index is 0.580. The summed E-state index contributed by atoms with van der Waals surface area (Å²) in [6.45, 7) is 5.27. The van der Waals surface area contributed by atoms with Crippen LogP contribution in [0.15, 0.2) is 6.07 Å². The molecule has 1 atom stereocenters. The molecule has 13 heavy (non-hydrogen) atoms. The zero-order valence-corrected chi connectivity index (χ0v) is 8.96. The lowest BCUT2D eigenvalue weighted by molar-refractivity contribution is 0.558. The highest BCUT2D eigenvalue weighted by Gasteiger charge is 2.12. The third kappa shape index (κ3) is 2.31. The second-order valence-corrected chi connectivity index (χ2v) is 3.50. The highest BCUT2D eigenvalue weighted by molar-refractivity contribution is 5.13. The lowest BCUT2D eigenvalue weighted by Crippen LogP contribution is -2.18. The van der Waals surface area contributed by atoms with Crippen molar-refractivity contribution in [2.24, 2.45) is 7.05 Å². The van der Waals surface area contributed by atoms with Gasteiger partial charge in [0.05, 0.1) is 5.69 Å². The molecule has 0 fully saturated rings. The summed E-state index contributed by atoms with van der Waals surface area (Å²) in [4.78, 5) is 0. The van der Waals surface area contributed by atoms with Crippen LogP contribution in [-0.2, 0) is 7.05 Å². The summed E-state index contributed by atoms with van der Waals surface area (Å²) in [6.07, 6.45) is 1.15. The number of nitrogens with zero attached hydrogens (tertiary/aromatic N) is 2. The van der Waals surface area contributed by atoms with Crippen LogP contribution < -0.4 is 5.32 Å². The van der Waals surface area contributed by atoms with E-state index in [2.05, 4.69) is 23.4 Å². The maximum Gasteiger partial charge on any atom is 0.0596 e. The van der Waals surface area contributed by atoms with Gasteiger partial charge in [-0.1, -0.05) is 6.92 Å². The first-order chi connectivity index (χ1) is 6.19. The fraction of sp³-hybridized carbons (Fsp3) is 0.700. The van der Waals surface area contributed by atoms with Crippen molar-refractivity contribution in [2.45, 2.75) is 26.2 Å². The number of aryl methyl sites for hydroxylation is 2. The number of rotatable bonds is 4. The Labute approximate surface area is 80.1 Å². The van der Waals surface area contributed by atoms with Crippen molar-refractivity contribution >= 4 is 0 Å². The Morgan fingerprint density at radius 1 is 1.62 bits per heavy atom. The third-order valence-electron chi connectivity index (χ3n) is 2.40. The molecule has 74 valence electrons. The van der Waals surface area contributed by atoms with E-state index in [9.17, 15) is 0 Å². The van der Waals surface area contributed by atoms with E-state index < -0.39 is 0 Å². The highest BCUT2D eigenvalue weighted by atomic mass is 15.3. The second kappa shape index (κ2) is 4.42. The Morgan fingerprint density at radius 2 is 2.31 bits per heavy atom. The van der Waals surface area contributed by atoms with Crippen LogP contribution >= 0.6 is 0 Å². The molecule has 1 heterocycles. The van der Waals surface area contributed by atoms with Gasteiger partial charge in [-0.3, -0.25) is 4.68 Å². The van der Waals surface area contributed by atoms with E-state index in [0.29, 0.717) is 5.92 Å². The molecule has 0 aromatic carbocycles. The van der Waals surface area contributed by atoms with Gasteiger partial charge in [0.2, 0.25) is 0 Å². The lowest BCUT2D eigenvalue weighted by Gasteiger charge is -2.14. The molecule has 1 N–H and O–H groups in total.